The van der Waals surface area contributed by atoms with E-state index in [1.165, 1.54) is 0 Å². The summed E-state index contributed by atoms with van der Waals surface area (Å²) in [5.74, 6) is 0.439. The molecule has 1 aromatic carbocycles. The molecule has 5 nitrogen and oxygen atoms in total. The van der Waals surface area contributed by atoms with Crippen LogP contribution in [0, 0.1) is 5.92 Å². The third-order valence-electron chi connectivity index (χ3n) is 2.97. The Hall–Kier alpha value is -1.75. The third kappa shape index (κ3) is 6.04. The van der Waals surface area contributed by atoms with Gasteiger partial charge in [0.2, 0.25) is 0 Å². The quantitative estimate of drug-likeness (QED) is 0.569. The number of hydrogen-bond donors (Lipinski definition) is 2. The average molecular weight is 293 g/mol. The molecule has 0 atom stereocenters. The lowest BCUT2D eigenvalue weighted by Gasteiger charge is -2.16. The molecule has 0 aliphatic heterocycles. The Kier molecular flexibility index (Phi) is 7.02. The lowest BCUT2D eigenvalue weighted by atomic mass is 10.1. The number of carbonyl (C=O) groups excluding carboxylic acids is 1. The van der Waals surface area contributed by atoms with E-state index in [-0.39, 0.29) is 5.91 Å². The van der Waals surface area contributed by atoms with Gasteiger partial charge in [-0.1, -0.05) is 13.8 Å². The number of hydrogen-bond acceptors (Lipinski definition) is 4. The zero-order chi connectivity index (χ0) is 15.8. The fraction of sp³-hybridized carbons (Fsp3) is 0.562. The highest BCUT2D eigenvalue weighted by molar-refractivity contribution is 5.96. The predicted molar refractivity (Wildman–Crippen MR) is 87.8 cm³/mol. The van der Waals surface area contributed by atoms with Gasteiger partial charge in [0.15, 0.2) is 0 Å². The second-order valence-electron chi connectivity index (χ2n) is 5.75. The van der Waals surface area contributed by atoms with Crippen LogP contribution in [0.4, 0.5) is 11.4 Å². The Balaban J connectivity index is 2.37. The maximum Gasteiger partial charge on any atom is 0.251 e. The van der Waals surface area contributed by atoms with E-state index in [1.807, 2.05) is 25.1 Å². The molecule has 1 rings (SSSR count). The van der Waals surface area contributed by atoms with Crippen LogP contribution in [0.15, 0.2) is 18.2 Å². The van der Waals surface area contributed by atoms with E-state index >= 15 is 0 Å². The Labute approximate surface area is 127 Å². The van der Waals surface area contributed by atoms with E-state index in [9.17, 15) is 4.79 Å². The van der Waals surface area contributed by atoms with Crippen molar-refractivity contribution in [1.29, 1.82) is 0 Å². The molecule has 0 unspecified atom stereocenters. The topological polar surface area (TPSA) is 67.6 Å². The van der Waals surface area contributed by atoms with Gasteiger partial charge in [-0.3, -0.25) is 4.79 Å². The van der Waals surface area contributed by atoms with Gasteiger partial charge in [0.05, 0.1) is 11.4 Å². The second kappa shape index (κ2) is 8.52. The Morgan fingerprint density at radius 2 is 2.10 bits per heavy atom. The van der Waals surface area contributed by atoms with E-state index in [2.05, 4.69) is 19.2 Å². The molecule has 0 heterocycles. The van der Waals surface area contributed by atoms with Gasteiger partial charge in [-0.25, -0.2) is 0 Å². The molecule has 21 heavy (non-hydrogen) atoms. The lowest BCUT2D eigenvalue weighted by molar-refractivity contribution is 0.0925. The largest absolute Gasteiger partial charge is 0.397 e. The molecule has 0 radical (unpaired) electrons. The molecule has 0 spiro atoms. The van der Waals surface area contributed by atoms with Crippen molar-refractivity contribution in [2.24, 2.45) is 5.92 Å². The van der Waals surface area contributed by atoms with Gasteiger partial charge in [0.1, 0.15) is 0 Å². The van der Waals surface area contributed by atoms with Crippen molar-refractivity contribution in [3.05, 3.63) is 23.8 Å². The van der Waals surface area contributed by atoms with Crippen molar-refractivity contribution >= 4 is 17.3 Å². The summed E-state index contributed by atoms with van der Waals surface area (Å²) < 4.78 is 5.47. The van der Waals surface area contributed by atoms with Gasteiger partial charge in [0, 0.05) is 39.4 Å². The van der Waals surface area contributed by atoms with E-state index in [0.717, 1.165) is 18.7 Å². The van der Waals surface area contributed by atoms with E-state index in [1.54, 1.807) is 12.1 Å². The maximum absolute atomic E-state index is 12.0. The molecule has 0 aliphatic rings. The fourth-order valence-electron chi connectivity index (χ4n) is 1.90. The first kappa shape index (κ1) is 17.3. The Morgan fingerprint density at radius 1 is 1.38 bits per heavy atom. The molecular formula is C16H27N3O2. The number of ether oxygens (including phenoxy) is 1. The van der Waals surface area contributed by atoms with Crippen LogP contribution < -0.4 is 16.0 Å². The Morgan fingerprint density at radius 3 is 2.67 bits per heavy atom. The Bertz CT molecular complexity index is 459. The first-order chi connectivity index (χ1) is 9.91. The first-order valence-corrected chi connectivity index (χ1v) is 7.34. The minimum absolute atomic E-state index is 0.101. The molecule has 3 N–H and O–H groups in total. The number of carbonyl (C=O) groups is 1. The van der Waals surface area contributed by atoms with Gasteiger partial charge >= 0.3 is 0 Å². The first-order valence-electron chi connectivity index (χ1n) is 7.34. The number of anilines is 2. The van der Waals surface area contributed by atoms with E-state index in [4.69, 9.17) is 10.5 Å². The molecule has 0 saturated carbocycles. The van der Waals surface area contributed by atoms with Crippen molar-refractivity contribution in [3.8, 4) is 0 Å². The highest BCUT2D eigenvalue weighted by Crippen LogP contribution is 2.22. The van der Waals surface area contributed by atoms with Crippen LogP contribution in [0.2, 0.25) is 0 Å². The number of benzene rings is 1. The summed E-state index contributed by atoms with van der Waals surface area (Å²) in [6, 6.07) is 5.35. The number of nitrogen functional groups attached to an aromatic ring is 1. The van der Waals surface area contributed by atoms with Crippen LogP contribution in [-0.4, -0.2) is 39.8 Å². The van der Waals surface area contributed by atoms with Crippen LogP contribution >= 0.6 is 0 Å². The molecule has 1 aromatic rings. The second-order valence-corrected chi connectivity index (χ2v) is 5.75. The summed E-state index contributed by atoms with van der Waals surface area (Å²) in [6.45, 7) is 6.26. The molecule has 0 saturated heterocycles. The molecule has 0 bridgehead atoms. The minimum atomic E-state index is -0.101. The van der Waals surface area contributed by atoms with E-state index in [0.29, 0.717) is 30.3 Å². The SMILES string of the molecule is CC(C)COCCCNC(=O)c1ccc(N(C)C)c(N)c1. The number of nitrogens with two attached hydrogens (primary N) is 1. The van der Waals surface area contributed by atoms with Gasteiger partial charge in [-0.2, -0.15) is 0 Å². The predicted octanol–water partition coefficient (Wildman–Crippen LogP) is 2.13. The standard InChI is InChI=1S/C16H27N3O2/c1-12(2)11-21-9-5-8-18-16(20)13-6-7-15(19(3)4)14(17)10-13/h6-7,10,12H,5,8-9,11,17H2,1-4H3,(H,18,20). The average Bonchev–Trinajstić information content (AvgIpc) is 2.41. The van der Waals surface area contributed by atoms with Crippen LogP contribution in [0.3, 0.4) is 0 Å². The molecule has 118 valence electrons. The van der Waals surface area contributed by atoms with Crippen molar-refractivity contribution in [2.45, 2.75) is 20.3 Å². The fourth-order valence-corrected chi connectivity index (χ4v) is 1.90. The zero-order valence-corrected chi connectivity index (χ0v) is 13.5. The van der Waals surface area contributed by atoms with Crippen molar-refractivity contribution in [3.63, 3.8) is 0 Å². The molecule has 1 amide bonds. The third-order valence-corrected chi connectivity index (χ3v) is 2.97. The summed E-state index contributed by atoms with van der Waals surface area (Å²) in [5.41, 5.74) is 8.04. The van der Waals surface area contributed by atoms with Gasteiger partial charge in [-0.15, -0.1) is 0 Å². The van der Waals surface area contributed by atoms with Crippen LogP contribution in [0.5, 0.6) is 0 Å². The summed E-state index contributed by atoms with van der Waals surface area (Å²) >= 11 is 0. The molecule has 0 aromatic heterocycles. The van der Waals surface area contributed by atoms with Crippen molar-refractivity contribution < 1.29 is 9.53 Å². The lowest BCUT2D eigenvalue weighted by Crippen LogP contribution is -2.25. The normalized spacial score (nSPS) is 10.7. The molecule has 0 aliphatic carbocycles. The monoisotopic (exact) mass is 293 g/mol. The zero-order valence-electron chi connectivity index (χ0n) is 13.5. The highest BCUT2D eigenvalue weighted by atomic mass is 16.5. The maximum atomic E-state index is 12.0. The molecule has 5 heteroatoms. The van der Waals surface area contributed by atoms with Crippen LogP contribution in [0.25, 0.3) is 0 Å². The van der Waals surface area contributed by atoms with Gasteiger partial charge in [-0.05, 0) is 30.5 Å². The molecular weight excluding hydrogens is 266 g/mol. The summed E-state index contributed by atoms with van der Waals surface area (Å²) in [5, 5.41) is 2.87. The number of nitrogens with one attached hydrogen (secondary N) is 1. The number of amides is 1. The minimum Gasteiger partial charge on any atom is -0.397 e. The molecule has 0 fully saturated rings. The summed E-state index contributed by atoms with van der Waals surface area (Å²) in [7, 11) is 3.84. The highest BCUT2D eigenvalue weighted by Gasteiger charge is 2.08. The summed E-state index contributed by atoms with van der Waals surface area (Å²) in [6.07, 6.45) is 0.809. The van der Waals surface area contributed by atoms with Crippen molar-refractivity contribution in [1.82, 2.24) is 5.32 Å². The van der Waals surface area contributed by atoms with Gasteiger partial charge in [0.25, 0.3) is 5.91 Å². The number of nitrogens with zero attached hydrogens (tertiary/aromatic N) is 1. The van der Waals surface area contributed by atoms with E-state index < -0.39 is 0 Å². The number of rotatable bonds is 8. The van der Waals surface area contributed by atoms with Crippen LogP contribution in [-0.2, 0) is 4.74 Å². The van der Waals surface area contributed by atoms with Crippen molar-refractivity contribution in [2.75, 3.05) is 44.5 Å². The smallest absolute Gasteiger partial charge is 0.251 e. The summed E-state index contributed by atoms with van der Waals surface area (Å²) in [4.78, 5) is 13.9. The van der Waals surface area contributed by atoms with Crippen LogP contribution in [0.1, 0.15) is 30.6 Å². The van der Waals surface area contributed by atoms with Gasteiger partial charge < -0.3 is 20.7 Å².